The van der Waals surface area contributed by atoms with Crippen LogP contribution in [-0.2, 0) is 14.9 Å². The predicted octanol–water partition coefficient (Wildman–Crippen LogP) is 0.689. The molecule has 0 aromatic heterocycles. The SMILES string of the molecule is COC(CS(=O)(=O)O)C1CCC1. The van der Waals surface area contributed by atoms with Crippen LogP contribution < -0.4 is 0 Å². The van der Waals surface area contributed by atoms with Crippen LogP contribution in [0, 0.1) is 5.92 Å². The van der Waals surface area contributed by atoms with Crippen LogP contribution in [0.2, 0.25) is 0 Å². The van der Waals surface area contributed by atoms with E-state index < -0.39 is 10.1 Å². The molecular formula is C7H14O4S. The van der Waals surface area contributed by atoms with Gasteiger partial charge in [-0.15, -0.1) is 0 Å². The summed E-state index contributed by atoms with van der Waals surface area (Å²) < 4.78 is 34.6. The van der Waals surface area contributed by atoms with E-state index in [1.807, 2.05) is 0 Å². The van der Waals surface area contributed by atoms with Crippen molar-refractivity contribution < 1.29 is 17.7 Å². The Morgan fingerprint density at radius 3 is 2.42 bits per heavy atom. The highest BCUT2D eigenvalue weighted by molar-refractivity contribution is 7.85. The van der Waals surface area contributed by atoms with Crippen LogP contribution >= 0.6 is 0 Å². The summed E-state index contributed by atoms with van der Waals surface area (Å²) in [5.74, 6) is 0.0469. The number of hydrogen-bond donors (Lipinski definition) is 1. The van der Waals surface area contributed by atoms with E-state index in [4.69, 9.17) is 9.29 Å². The van der Waals surface area contributed by atoms with Gasteiger partial charge in [0, 0.05) is 7.11 Å². The molecule has 1 aliphatic rings. The Morgan fingerprint density at radius 1 is 1.58 bits per heavy atom. The van der Waals surface area contributed by atoms with Crippen molar-refractivity contribution in [3.8, 4) is 0 Å². The number of ether oxygens (including phenoxy) is 1. The summed E-state index contributed by atoms with van der Waals surface area (Å²) in [6.07, 6.45) is 2.83. The van der Waals surface area contributed by atoms with E-state index in [1.165, 1.54) is 7.11 Å². The molecule has 1 unspecified atom stereocenters. The zero-order valence-corrected chi connectivity index (χ0v) is 7.88. The van der Waals surface area contributed by atoms with Crippen molar-refractivity contribution in [1.29, 1.82) is 0 Å². The molecule has 0 aromatic carbocycles. The van der Waals surface area contributed by atoms with E-state index >= 15 is 0 Å². The smallest absolute Gasteiger partial charge is 0.267 e. The first-order chi connectivity index (χ1) is 5.53. The molecule has 1 aliphatic carbocycles. The van der Waals surface area contributed by atoms with Gasteiger partial charge in [-0.3, -0.25) is 4.55 Å². The Labute approximate surface area is 72.7 Å². The second-order valence-electron chi connectivity index (χ2n) is 3.21. The van der Waals surface area contributed by atoms with Crippen LogP contribution in [-0.4, -0.2) is 31.9 Å². The third-order valence-electron chi connectivity index (χ3n) is 2.35. The fraction of sp³-hybridized carbons (Fsp3) is 1.00. The first kappa shape index (κ1) is 9.95. The molecule has 1 fully saturated rings. The molecule has 1 saturated carbocycles. The maximum Gasteiger partial charge on any atom is 0.267 e. The third-order valence-corrected chi connectivity index (χ3v) is 3.10. The van der Waals surface area contributed by atoms with Gasteiger partial charge < -0.3 is 4.74 Å². The zero-order chi connectivity index (χ0) is 9.19. The summed E-state index contributed by atoms with van der Waals surface area (Å²) in [5.41, 5.74) is 0. The fourth-order valence-electron chi connectivity index (χ4n) is 1.42. The van der Waals surface area contributed by atoms with Crippen molar-refractivity contribution in [2.45, 2.75) is 25.4 Å². The average Bonchev–Trinajstić information content (AvgIpc) is 1.79. The Bertz CT molecular complexity index is 230. The highest BCUT2D eigenvalue weighted by Crippen LogP contribution is 2.31. The van der Waals surface area contributed by atoms with Crippen molar-refractivity contribution in [3.05, 3.63) is 0 Å². The Kier molecular flexibility index (Phi) is 3.09. The number of hydrogen-bond acceptors (Lipinski definition) is 3. The quantitative estimate of drug-likeness (QED) is 0.669. The predicted molar refractivity (Wildman–Crippen MR) is 44.6 cm³/mol. The van der Waals surface area contributed by atoms with E-state index in [-0.39, 0.29) is 11.9 Å². The third kappa shape index (κ3) is 2.73. The van der Waals surface area contributed by atoms with Crippen molar-refractivity contribution in [1.82, 2.24) is 0 Å². The van der Waals surface area contributed by atoms with Gasteiger partial charge in [0.1, 0.15) is 5.75 Å². The molecule has 0 spiro atoms. The molecule has 72 valence electrons. The average molecular weight is 194 g/mol. The molecule has 1 rings (SSSR count). The lowest BCUT2D eigenvalue weighted by molar-refractivity contribution is 0.0343. The van der Waals surface area contributed by atoms with Crippen LogP contribution in [0.25, 0.3) is 0 Å². The van der Waals surface area contributed by atoms with Gasteiger partial charge in [-0.25, -0.2) is 0 Å². The van der Waals surface area contributed by atoms with E-state index in [2.05, 4.69) is 0 Å². The van der Waals surface area contributed by atoms with Crippen LogP contribution in [0.15, 0.2) is 0 Å². The highest BCUT2D eigenvalue weighted by atomic mass is 32.2. The minimum Gasteiger partial charge on any atom is -0.380 e. The van der Waals surface area contributed by atoms with Crippen molar-refractivity contribution >= 4 is 10.1 Å². The molecule has 0 bridgehead atoms. The van der Waals surface area contributed by atoms with Crippen molar-refractivity contribution in [2.75, 3.05) is 12.9 Å². The second kappa shape index (κ2) is 3.72. The molecule has 0 aliphatic heterocycles. The normalized spacial score (nSPS) is 21.8. The lowest BCUT2D eigenvalue weighted by Gasteiger charge is -2.31. The van der Waals surface area contributed by atoms with Gasteiger partial charge in [0.25, 0.3) is 10.1 Å². The van der Waals surface area contributed by atoms with Gasteiger partial charge in [-0.2, -0.15) is 8.42 Å². The zero-order valence-electron chi connectivity index (χ0n) is 7.06. The first-order valence-corrected chi connectivity index (χ1v) is 5.62. The minimum atomic E-state index is -3.88. The molecule has 0 amide bonds. The highest BCUT2D eigenvalue weighted by Gasteiger charge is 2.30. The molecule has 0 saturated heterocycles. The van der Waals surface area contributed by atoms with E-state index in [0.717, 1.165) is 19.3 Å². The van der Waals surface area contributed by atoms with E-state index in [0.29, 0.717) is 5.92 Å². The Balaban J connectivity index is 2.45. The second-order valence-corrected chi connectivity index (χ2v) is 4.71. The number of methoxy groups -OCH3 is 1. The Morgan fingerprint density at radius 2 is 2.17 bits per heavy atom. The molecule has 1 N–H and O–H groups in total. The van der Waals surface area contributed by atoms with Gasteiger partial charge in [0.05, 0.1) is 6.10 Å². The van der Waals surface area contributed by atoms with Crippen LogP contribution in [0.5, 0.6) is 0 Å². The van der Waals surface area contributed by atoms with Crippen molar-refractivity contribution in [3.63, 3.8) is 0 Å². The standard InChI is InChI=1S/C7H14O4S/c1-11-7(5-12(8,9)10)6-3-2-4-6/h6-7H,2-5H2,1H3,(H,8,9,10). The summed E-state index contributed by atoms with van der Waals surface area (Å²) in [6.45, 7) is 0. The topological polar surface area (TPSA) is 63.6 Å². The largest absolute Gasteiger partial charge is 0.380 e. The first-order valence-electron chi connectivity index (χ1n) is 4.01. The molecular weight excluding hydrogens is 180 g/mol. The summed E-state index contributed by atoms with van der Waals surface area (Å²) in [5, 5.41) is 0. The van der Waals surface area contributed by atoms with Crippen LogP contribution in [0.1, 0.15) is 19.3 Å². The summed E-state index contributed by atoms with van der Waals surface area (Å²) in [6, 6.07) is 0. The maximum atomic E-state index is 10.5. The van der Waals surface area contributed by atoms with Crippen LogP contribution in [0.4, 0.5) is 0 Å². The van der Waals surface area contributed by atoms with Crippen LogP contribution in [0.3, 0.4) is 0 Å². The summed E-state index contributed by atoms with van der Waals surface area (Å²) in [4.78, 5) is 0. The molecule has 0 radical (unpaired) electrons. The molecule has 0 aromatic rings. The monoisotopic (exact) mass is 194 g/mol. The summed E-state index contributed by atoms with van der Waals surface area (Å²) >= 11 is 0. The molecule has 1 atom stereocenters. The van der Waals surface area contributed by atoms with Gasteiger partial charge in [0.15, 0.2) is 0 Å². The number of rotatable bonds is 4. The Hall–Kier alpha value is -0.130. The molecule has 5 heteroatoms. The van der Waals surface area contributed by atoms with Gasteiger partial charge in [-0.05, 0) is 18.8 Å². The lowest BCUT2D eigenvalue weighted by Crippen LogP contribution is -2.34. The molecule has 12 heavy (non-hydrogen) atoms. The van der Waals surface area contributed by atoms with Gasteiger partial charge in [0.2, 0.25) is 0 Å². The minimum absolute atomic E-state index is 0.270. The fourth-order valence-corrected chi connectivity index (χ4v) is 2.24. The van der Waals surface area contributed by atoms with E-state index in [1.54, 1.807) is 0 Å². The lowest BCUT2D eigenvalue weighted by atomic mass is 9.82. The summed E-state index contributed by atoms with van der Waals surface area (Å²) in [7, 11) is -2.40. The molecule has 4 nitrogen and oxygen atoms in total. The van der Waals surface area contributed by atoms with Crippen molar-refractivity contribution in [2.24, 2.45) is 5.92 Å². The van der Waals surface area contributed by atoms with E-state index in [9.17, 15) is 8.42 Å². The van der Waals surface area contributed by atoms with Gasteiger partial charge >= 0.3 is 0 Å². The van der Waals surface area contributed by atoms with Gasteiger partial charge in [-0.1, -0.05) is 6.42 Å². The maximum absolute atomic E-state index is 10.5. The molecule has 0 heterocycles.